The summed E-state index contributed by atoms with van der Waals surface area (Å²) in [5, 5.41) is 5.41. The maximum Gasteiger partial charge on any atom is 0.0322 e. The fraction of sp³-hybridized carbons (Fsp3) is 1.00. The van der Waals surface area contributed by atoms with E-state index < -0.39 is 0 Å². The van der Waals surface area contributed by atoms with Crippen LogP contribution in [0.3, 0.4) is 0 Å². The highest BCUT2D eigenvalue weighted by atomic mass is 32.2. The molecule has 0 aromatic heterocycles. The molecule has 0 aromatic carbocycles. The van der Waals surface area contributed by atoms with Gasteiger partial charge in [-0.05, 0) is 50.5 Å². The molecule has 112 valence electrons. The fourth-order valence-electron chi connectivity index (χ4n) is 4.24. The fourth-order valence-corrected chi connectivity index (χ4v) is 7.63. The van der Waals surface area contributed by atoms with Crippen molar-refractivity contribution in [2.75, 3.05) is 18.6 Å². The van der Waals surface area contributed by atoms with Gasteiger partial charge in [-0.2, -0.15) is 23.5 Å². The van der Waals surface area contributed by atoms with Crippen LogP contribution in [0.4, 0.5) is 0 Å². The standard InChI is InChI=1S/C16H31NS2/c1-5-14-16(19-7-6-18-14)15(17-4)13-9-11(2)8-12(3)10-13/h11-17H,5-10H2,1-4H3. The smallest absolute Gasteiger partial charge is 0.0322 e. The van der Waals surface area contributed by atoms with Crippen molar-refractivity contribution < 1.29 is 0 Å². The summed E-state index contributed by atoms with van der Waals surface area (Å²) in [5.74, 6) is 5.45. The Morgan fingerprint density at radius 2 is 1.68 bits per heavy atom. The van der Waals surface area contributed by atoms with E-state index in [0.717, 1.165) is 34.3 Å². The van der Waals surface area contributed by atoms with Crippen LogP contribution in [-0.4, -0.2) is 35.1 Å². The minimum atomic E-state index is 0.730. The van der Waals surface area contributed by atoms with Crippen molar-refractivity contribution in [1.82, 2.24) is 5.32 Å². The first-order valence-corrected chi connectivity index (χ1v) is 10.2. The second-order valence-corrected chi connectivity index (χ2v) is 9.28. The molecular weight excluding hydrogens is 270 g/mol. The Morgan fingerprint density at radius 3 is 2.26 bits per heavy atom. The lowest BCUT2D eigenvalue weighted by molar-refractivity contribution is 0.177. The highest BCUT2D eigenvalue weighted by Crippen LogP contribution is 2.42. The third-order valence-corrected chi connectivity index (χ3v) is 8.28. The molecule has 2 fully saturated rings. The van der Waals surface area contributed by atoms with Gasteiger partial charge >= 0.3 is 0 Å². The second-order valence-electron chi connectivity index (χ2n) is 6.64. The second kappa shape index (κ2) is 7.61. The Morgan fingerprint density at radius 1 is 1.05 bits per heavy atom. The average molecular weight is 302 g/mol. The van der Waals surface area contributed by atoms with Gasteiger partial charge in [0.15, 0.2) is 0 Å². The molecule has 2 aliphatic rings. The number of thioether (sulfide) groups is 2. The summed E-state index contributed by atoms with van der Waals surface area (Å²) < 4.78 is 0. The van der Waals surface area contributed by atoms with Crippen LogP contribution in [0, 0.1) is 17.8 Å². The zero-order valence-electron chi connectivity index (χ0n) is 13.0. The first-order chi connectivity index (χ1) is 9.15. The molecule has 3 heteroatoms. The Balaban J connectivity index is 2.04. The Kier molecular flexibility index (Phi) is 6.42. The van der Waals surface area contributed by atoms with E-state index >= 15 is 0 Å². The van der Waals surface area contributed by atoms with E-state index in [1.54, 1.807) is 0 Å². The lowest BCUT2D eigenvalue weighted by Crippen LogP contribution is -2.49. The molecule has 1 aliphatic carbocycles. The first-order valence-electron chi connectivity index (χ1n) is 8.06. The highest BCUT2D eigenvalue weighted by Gasteiger charge is 2.38. The van der Waals surface area contributed by atoms with Crippen molar-refractivity contribution >= 4 is 23.5 Å². The predicted octanol–water partition coefficient (Wildman–Crippen LogP) is 4.27. The lowest BCUT2D eigenvalue weighted by atomic mass is 9.73. The molecule has 0 bridgehead atoms. The predicted molar refractivity (Wildman–Crippen MR) is 91.3 cm³/mol. The number of nitrogens with one attached hydrogen (secondary N) is 1. The van der Waals surface area contributed by atoms with Crippen LogP contribution in [0.15, 0.2) is 0 Å². The van der Waals surface area contributed by atoms with Gasteiger partial charge in [-0.3, -0.25) is 0 Å². The third kappa shape index (κ3) is 4.07. The summed E-state index contributed by atoms with van der Waals surface area (Å²) in [7, 11) is 2.20. The van der Waals surface area contributed by atoms with E-state index in [9.17, 15) is 0 Å². The minimum absolute atomic E-state index is 0.730. The van der Waals surface area contributed by atoms with Crippen LogP contribution >= 0.6 is 23.5 Å². The molecule has 1 aliphatic heterocycles. The van der Waals surface area contributed by atoms with Crippen LogP contribution in [0.5, 0.6) is 0 Å². The van der Waals surface area contributed by atoms with Crippen molar-refractivity contribution in [3.8, 4) is 0 Å². The SMILES string of the molecule is CCC1SCCSC1C(NC)C1CC(C)CC(C)C1. The van der Waals surface area contributed by atoms with Crippen molar-refractivity contribution in [3.05, 3.63) is 0 Å². The van der Waals surface area contributed by atoms with E-state index in [1.807, 2.05) is 0 Å². The van der Waals surface area contributed by atoms with Gasteiger partial charge in [0.25, 0.3) is 0 Å². The van der Waals surface area contributed by atoms with Crippen LogP contribution in [0.2, 0.25) is 0 Å². The molecule has 1 nitrogen and oxygen atoms in total. The van der Waals surface area contributed by atoms with E-state index in [4.69, 9.17) is 0 Å². The molecule has 1 N–H and O–H groups in total. The normalized spacial score (nSPS) is 42.0. The average Bonchev–Trinajstić information content (AvgIpc) is 2.39. The maximum absolute atomic E-state index is 3.71. The van der Waals surface area contributed by atoms with Crippen molar-refractivity contribution in [3.63, 3.8) is 0 Å². The summed E-state index contributed by atoms with van der Waals surface area (Å²) >= 11 is 4.46. The molecule has 1 saturated carbocycles. The summed E-state index contributed by atoms with van der Waals surface area (Å²) in [4.78, 5) is 0. The molecule has 5 unspecified atom stereocenters. The van der Waals surface area contributed by atoms with Gasteiger partial charge in [0.05, 0.1) is 0 Å². The molecule has 1 heterocycles. The molecular formula is C16H31NS2. The summed E-state index contributed by atoms with van der Waals surface area (Å²) in [6.45, 7) is 7.28. The van der Waals surface area contributed by atoms with Gasteiger partial charge in [0.1, 0.15) is 0 Å². The Labute approximate surface area is 128 Å². The lowest BCUT2D eigenvalue weighted by Gasteiger charge is -2.43. The number of hydrogen-bond acceptors (Lipinski definition) is 3. The molecule has 0 radical (unpaired) electrons. The molecule has 0 amide bonds. The van der Waals surface area contributed by atoms with Gasteiger partial charge in [0.2, 0.25) is 0 Å². The number of rotatable bonds is 4. The number of hydrogen-bond donors (Lipinski definition) is 1. The van der Waals surface area contributed by atoms with Crippen molar-refractivity contribution in [1.29, 1.82) is 0 Å². The van der Waals surface area contributed by atoms with Gasteiger partial charge in [0, 0.05) is 28.0 Å². The van der Waals surface area contributed by atoms with Gasteiger partial charge in [-0.15, -0.1) is 0 Å². The van der Waals surface area contributed by atoms with Gasteiger partial charge in [-0.25, -0.2) is 0 Å². The van der Waals surface area contributed by atoms with Crippen molar-refractivity contribution in [2.24, 2.45) is 17.8 Å². The van der Waals surface area contributed by atoms with E-state index in [2.05, 4.69) is 56.7 Å². The zero-order valence-corrected chi connectivity index (χ0v) is 14.7. The zero-order chi connectivity index (χ0) is 13.8. The van der Waals surface area contributed by atoms with Crippen LogP contribution in [0.1, 0.15) is 46.5 Å². The molecule has 19 heavy (non-hydrogen) atoms. The third-order valence-electron chi connectivity index (χ3n) is 4.90. The van der Waals surface area contributed by atoms with Gasteiger partial charge in [-0.1, -0.05) is 20.8 Å². The molecule has 5 atom stereocenters. The van der Waals surface area contributed by atoms with E-state index in [0.29, 0.717) is 0 Å². The van der Waals surface area contributed by atoms with E-state index in [1.165, 1.54) is 37.2 Å². The highest BCUT2D eigenvalue weighted by molar-refractivity contribution is 8.07. The Hall–Kier alpha value is 0.660. The summed E-state index contributed by atoms with van der Waals surface area (Å²) in [6, 6.07) is 0.730. The Bertz CT molecular complexity index is 261. The monoisotopic (exact) mass is 301 g/mol. The minimum Gasteiger partial charge on any atom is -0.316 e. The molecule has 0 spiro atoms. The van der Waals surface area contributed by atoms with Crippen LogP contribution < -0.4 is 5.32 Å². The molecule has 0 aromatic rings. The van der Waals surface area contributed by atoms with Gasteiger partial charge < -0.3 is 5.32 Å². The topological polar surface area (TPSA) is 12.0 Å². The molecule has 1 saturated heterocycles. The first kappa shape index (κ1) is 16.0. The summed E-state index contributed by atoms with van der Waals surface area (Å²) in [6.07, 6.45) is 5.65. The quantitative estimate of drug-likeness (QED) is 0.832. The largest absolute Gasteiger partial charge is 0.316 e. The summed E-state index contributed by atoms with van der Waals surface area (Å²) in [5.41, 5.74) is 0. The van der Waals surface area contributed by atoms with E-state index in [-0.39, 0.29) is 0 Å². The van der Waals surface area contributed by atoms with Crippen molar-refractivity contribution in [2.45, 2.75) is 63.0 Å². The van der Waals surface area contributed by atoms with Crippen LogP contribution in [0.25, 0.3) is 0 Å². The van der Waals surface area contributed by atoms with Crippen LogP contribution in [-0.2, 0) is 0 Å². The maximum atomic E-state index is 3.71. The molecule has 2 rings (SSSR count).